The van der Waals surface area contributed by atoms with E-state index in [1.54, 1.807) is 12.3 Å². The molecule has 0 bridgehead atoms. The molecule has 0 aliphatic carbocycles. The zero-order valence-electron chi connectivity index (χ0n) is 5.64. The minimum absolute atomic E-state index is 0.141. The van der Waals surface area contributed by atoms with Gasteiger partial charge in [0, 0.05) is 18.5 Å². The molecule has 0 saturated carbocycles. The number of amides is 1. The normalized spacial score (nSPS) is 26.7. The van der Waals surface area contributed by atoms with Gasteiger partial charge in [-0.3, -0.25) is 9.79 Å². The summed E-state index contributed by atoms with van der Waals surface area (Å²) in [5.74, 6) is 0.227. The van der Waals surface area contributed by atoms with Gasteiger partial charge >= 0.3 is 0 Å². The predicted octanol–water partition coefficient (Wildman–Crippen LogP) is 0.00510. The fourth-order valence-corrected chi connectivity index (χ4v) is 0.938. The van der Waals surface area contributed by atoms with Crippen LogP contribution in [0.1, 0.15) is 0 Å². The van der Waals surface area contributed by atoms with Crippen LogP contribution in [0.3, 0.4) is 0 Å². The summed E-state index contributed by atoms with van der Waals surface area (Å²) in [6.45, 7) is 0. The van der Waals surface area contributed by atoms with Crippen molar-refractivity contribution < 1.29 is 4.79 Å². The summed E-state index contributed by atoms with van der Waals surface area (Å²) in [4.78, 5) is 22.3. The van der Waals surface area contributed by atoms with E-state index in [9.17, 15) is 4.79 Å². The Hall–Kier alpha value is -1.58. The average molecular weight is 147 g/mol. The fraction of sp³-hybridized carbons (Fsp3) is 0.143. The highest BCUT2D eigenvalue weighted by atomic mass is 16.1. The molecule has 0 aromatic heterocycles. The van der Waals surface area contributed by atoms with Crippen molar-refractivity contribution in [1.29, 1.82) is 0 Å². The molecule has 2 aliphatic heterocycles. The summed E-state index contributed by atoms with van der Waals surface area (Å²) in [5, 5.41) is 0. The van der Waals surface area contributed by atoms with Gasteiger partial charge in [0.2, 0.25) is 0 Å². The van der Waals surface area contributed by atoms with E-state index in [1.165, 1.54) is 12.3 Å². The minimum Gasteiger partial charge on any atom is -0.276 e. The third-order valence-electron chi connectivity index (χ3n) is 1.43. The quantitative estimate of drug-likeness (QED) is 0.476. The van der Waals surface area contributed by atoms with E-state index in [4.69, 9.17) is 0 Å². The first-order chi connectivity index (χ1) is 5.36. The van der Waals surface area contributed by atoms with Crippen LogP contribution in [0.2, 0.25) is 0 Å². The van der Waals surface area contributed by atoms with E-state index in [0.29, 0.717) is 5.84 Å². The van der Waals surface area contributed by atoms with Crippen molar-refractivity contribution in [3.8, 4) is 0 Å². The van der Waals surface area contributed by atoms with Crippen LogP contribution in [0.4, 0.5) is 0 Å². The van der Waals surface area contributed by atoms with E-state index in [0.717, 1.165) is 0 Å². The number of carbonyl (C=O) groups excluding carboxylic acids is 1. The molecule has 1 atom stereocenters. The molecule has 0 N–H and O–H groups in total. The minimum atomic E-state index is -0.259. The van der Waals surface area contributed by atoms with Gasteiger partial charge in [0.25, 0.3) is 5.91 Å². The number of hydrogen-bond donors (Lipinski definition) is 0. The van der Waals surface area contributed by atoms with Crippen molar-refractivity contribution in [3.05, 3.63) is 12.2 Å². The molecule has 0 saturated heterocycles. The SMILES string of the molecule is O=C1C=CC2N=CC=NC2=N1. The molecule has 0 fully saturated rings. The first kappa shape index (κ1) is 6.15. The van der Waals surface area contributed by atoms with E-state index in [-0.39, 0.29) is 11.9 Å². The van der Waals surface area contributed by atoms with Crippen molar-refractivity contribution >= 4 is 24.2 Å². The zero-order chi connectivity index (χ0) is 7.68. The highest BCUT2D eigenvalue weighted by molar-refractivity contribution is 6.24. The fourth-order valence-electron chi connectivity index (χ4n) is 0.938. The Balaban J connectivity index is 2.39. The summed E-state index contributed by atoms with van der Waals surface area (Å²) in [6.07, 6.45) is 6.23. The molecule has 0 spiro atoms. The molecule has 1 unspecified atom stereocenters. The number of rotatable bonds is 0. The third-order valence-corrected chi connectivity index (χ3v) is 1.43. The van der Waals surface area contributed by atoms with Gasteiger partial charge in [-0.2, -0.15) is 4.99 Å². The number of amidine groups is 1. The monoisotopic (exact) mass is 147 g/mol. The summed E-state index contributed by atoms with van der Waals surface area (Å²) in [6, 6.07) is -0.141. The Kier molecular flexibility index (Phi) is 1.25. The first-order valence-corrected chi connectivity index (χ1v) is 3.23. The van der Waals surface area contributed by atoms with Gasteiger partial charge in [0.1, 0.15) is 6.04 Å². The molecule has 2 heterocycles. The zero-order valence-corrected chi connectivity index (χ0v) is 5.64. The maximum atomic E-state index is 10.7. The van der Waals surface area contributed by atoms with Crippen LogP contribution in [0.25, 0.3) is 0 Å². The van der Waals surface area contributed by atoms with Gasteiger partial charge in [-0.15, -0.1) is 0 Å². The Bertz CT molecular complexity index is 312. The van der Waals surface area contributed by atoms with Gasteiger partial charge in [-0.05, 0) is 6.08 Å². The van der Waals surface area contributed by atoms with Gasteiger partial charge in [0.05, 0.1) is 0 Å². The molecule has 0 radical (unpaired) electrons. The van der Waals surface area contributed by atoms with Crippen LogP contribution >= 0.6 is 0 Å². The lowest BCUT2D eigenvalue weighted by Gasteiger charge is -2.11. The lowest BCUT2D eigenvalue weighted by Crippen LogP contribution is -2.22. The molecule has 4 nitrogen and oxygen atoms in total. The smallest absolute Gasteiger partial charge is 0.271 e. The predicted molar refractivity (Wildman–Crippen MR) is 42.4 cm³/mol. The molecule has 2 aliphatic rings. The molecule has 54 valence electrons. The molecule has 1 amide bonds. The molecular weight excluding hydrogens is 142 g/mol. The van der Waals surface area contributed by atoms with Crippen LogP contribution in [0.15, 0.2) is 27.1 Å². The van der Waals surface area contributed by atoms with Crippen LogP contribution in [0.5, 0.6) is 0 Å². The third kappa shape index (κ3) is 1.02. The van der Waals surface area contributed by atoms with Crippen molar-refractivity contribution in [3.63, 3.8) is 0 Å². The van der Waals surface area contributed by atoms with Crippen LogP contribution in [-0.4, -0.2) is 30.2 Å². The Morgan fingerprint density at radius 3 is 3.18 bits per heavy atom. The summed E-state index contributed by atoms with van der Waals surface area (Å²) >= 11 is 0. The largest absolute Gasteiger partial charge is 0.276 e. The number of fused-ring (bicyclic) bond motifs is 1. The van der Waals surface area contributed by atoms with Crippen molar-refractivity contribution in [2.24, 2.45) is 15.0 Å². The van der Waals surface area contributed by atoms with E-state index in [1.807, 2.05) is 0 Å². The number of nitrogens with zero attached hydrogens (tertiary/aromatic N) is 3. The molecule has 11 heavy (non-hydrogen) atoms. The lowest BCUT2D eigenvalue weighted by molar-refractivity contribution is -0.113. The Labute approximate surface area is 63.1 Å². The standard InChI is InChI=1S/C7H5N3O/c11-6-2-1-5-7(10-6)9-4-3-8-5/h1-5H. The number of hydrogen-bond acceptors (Lipinski definition) is 3. The second kappa shape index (κ2) is 2.23. The molecule has 4 heteroatoms. The average Bonchev–Trinajstić information content (AvgIpc) is 2.04. The van der Waals surface area contributed by atoms with E-state index >= 15 is 0 Å². The molecule has 2 rings (SSSR count). The van der Waals surface area contributed by atoms with Crippen LogP contribution in [-0.2, 0) is 4.79 Å². The Morgan fingerprint density at radius 1 is 1.36 bits per heavy atom. The summed E-state index contributed by atoms with van der Waals surface area (Å²) in [5.41, 5.74) is 0. The van der Waals surface area contributed by atoms with E-state index < -0.39 is 0 Å². The number of carbonyl (C=O) groups is 1. The highest BCUT2D eigenvalue weighted by Crippen LogP contribution is 2.07. The second-order valence-corrected chi connectivity index (χ2v) is 2.19. The van der Waals surface area contributed by atoms with Gasteiger partial charge in [-0.25, -0.2) is 4.99 Å². The van der Waals surface area contributed by atoms with Crippen molar-refractivity contribution in [2.45, 2.75) is 6.04 Å². The van der Waals surface area contributed by atoms with Crippen LogP contribution < -0.4 is 0 Å². The second-order valence-electron chi connectivity index (χ2n) is 2.19. The number of dihydropyridines is 1. The first-order valence-electron chi connectivity index (χ1n) is 3.23. The topological polar surface area (TPSA) is 54.1 Å². The van der Waals surface area contributed by atoms with Crippen molar-refractivity contribution in [1.82, 2.24) is 0 Å². The van der Waals surface area contributed by atoms with Gasteiger partial charge < -0.3 is 0 Å². The van der Waals surface area contributed by atoms with Crippen molar-refractivity contribution in [2.75, 3.05) is 0 Å². The van der Waals surface area contributed by atoms with Gasteiger partial charge in [-0.1, -0.05) is 0 Å². The van der Waals surface area contributed by atoms with Gasteiger partial charge in [0.15, 0.2) is 5.84 Å². The molecular formula is C7H5N3O. The number of aliphatic imine (C=N–C) groups is 3. The summed E-state index contributed by atoms with van der Waals surface area (Å²) in [7, 11) is 0. The summed E-state index contributed by atoms with van der Waals surface area (Å²) < 4.78 is 0. The lowest BCUT2D eigenvalue weighted by atomic mass is 10.2. The molecule has 0 aromatic rings. The molecule has 0 aromatic carbocycles. The maximum Gasteiger partial charge on any atom is 0.271 e. The Morgan fingerprint density at radius 2 is 2.27 bits per heavy atom. The van der Waals surface area contributed by atoms with E-state index in [2.05, 4.69) is 15.0 Å². The van der Waals surface area contributed by atoms with Crippen LogP contribution in [0, 0.1) is 0 Å². The maximum absolute atomic E-state index is 10.7. The highest BCUT2D eigenvalue weighted by Gasteiger charge is 2.17.